The number of thioether (sulfide) groups is 1. The highest BCUT2D eigenvalue weighted by Gasteiger charge is 2.22. The predicted molar refractivity (Wildman–Crippen MR) is 117 cm³/mol. The number of benzene rings is 2. The van der Waals surface area contributed by atoms with Crippen molar-refractivity contribution < 1.29 is 23.2 Å². The second kappa shape index (κ2) is 9.98. The van der Waals surface area contributed by atoms with Gasteiger partial charge >= 0.3 is 5.97 Å². The maximum atomic E-state index is 13.2. The van der Waals surface area contributed by atoms with E-state index in [4.69, 9.17) is 20.9 Å². The first kappa shape index (κ1) is 22.8. The highest BCUT2D eigenvalue weighted by Crippen LogP contribution is 2.29. The summed E-state index contributed by atoms with van der Waals surface area (Å²) in [6.07, 6.45) is -1.09. The molecule has 0 aliphatic carbocycles. The Morgan fingerprint density at radius 3 is 2.68 bits per heavy atom. The summed E-state index contributed by atoms with van der Waals surface area (Å²) in [7, 11) is 0. The summed E-state index contributed by atoms with van der Waals surface area (Å²) in [6, 6.07) is 10.6. The molecule has 0 saturated heterocycles. The molecule has 0 aliphatic heterocycles. The van der Waals surface area contributed by atoms with Gasteiger partial charge in [0.05, 0.1) is 22.0 Å². The highest BCUT2D eigenvalue weighted by atomic mass is 35.5. The Balaban J connectivity index is 1.66. The lowest BCUT2D eigenvalue weighted by molar-refractivity contribution is -0.123. The van der Waals surface area contributed by atoms with Crippen LogP contribution in [0.5, 0.6) is 0 Å². The number of hydrogen-bond donors (Lipinski definition) is 1. The van der Waals surface area contributed by atoms with Gasteiger partial charge in [-0.05, 0) is 51.1 Å². The molecule has 3 rings (SSSR count). The first-order valence-corrected chi connectivity index (χ1v) is 10.7. The fourth-order valence-electron chi connectivity index (χ4n) is 2.72. The van der Waals surface area contributed by atoms with E-state index < -0.39 is 23.8 Å². The fraction of sp³-hybridized carbons (Fsp3) is 0.227. The van der Waals surface area contributed by atoms with Crippen LogP contribution in [0.1, 0.15) is 34.3 Å². The number of nitrogens with one attached hydrogen (secondary N) is 1. The number of anilines is 1. The minimum absolute atomic E-state index is 0.0490. The third-order valence-corrected chi connectivity index (χ3v) is 5.91. The molecular formula is C22H20ClFN2O4S. The van der Waals surface area contributed by atoms with Crippen LogP contribution in [0.3, 0.4) is 0 Å². The van der Waals surface area contributed by atoms with Crippen molar-refractivity contribution in [1.29, 1.82) is 0 Å². The number of carbonyl (C=O) groups is 2. The normalized spacial score (nSPS) is 11.8. The summed E-state index contributed by atoms with van der Waals surface area (Å²) in [5.41, 5.74) is 2.34. The van der Waals surface area contributed by atoms with Crippen molar-refractivity contribution in [3.63, 3.8) is 0 Å². The molecule has 162 valence electrons. The maximum absolute atomic E-state index is 13.2. The van der Waals surface area contributed by atoms with Crippen LogP contribution in [0.25, 0.3) is 0 Å². The zero-order chi connectivity index (χ0) is 22.5. The van der Waals surface area contributed by atoms with E-state index in [2.05, 4.69) is 10.5 Å². The Labute approximate surface area is 188 Å². The number of hydrogen-bond acceptors (Lipinski definition) is 6. The summed E-state index contributed by atoms with van der Waals surface area (Å²) in [5, 5.41) is 6.51. The molecule has 0 bridgehead atoms. The molecule has 2 aromatic carbocycles. The average Bonchev–Trinajstić information content (AvgIpc) is 3.06. The Morgan fingerprint density at radius 1 is 1.26 bits per heavy atom. The molecule has 0 radical (unpaired) electrons. The largest absolute Gasteiger partial charge is 0.449 e. The smallest absolute Gasteiger partial charge is 0.340 e. The fourth-order valence-corrected chi connectivity index (χ4v) is 4.13. The van der Waals surface area contributed by atoms with Gasteiger partial charge in [-0.2, -0.15) is 0 Å². The van der Waals surface area contributed by atoms with E-state index in [1.165, 1.54) is 30.8 Å². The van der Waals surface area contributed by atoms with Crippen LogP contribution >= 0.6 is 23.4 Å². The molecule has 1 N–H and O–H groups in total. The third kappa shape index (κ3) is 5.65. The van der Waals surface area contributed by atoms with Gasteiger partial charge in [0.1, 0.15) is 11.6 Å². The lowest BCUT2D eigenvalue weighted by Crippen LogP contribution is -2.30. The zero-order valence-electron chi connectivity index (χ0n) is 17.1. The van der Waals surface area contributed by atoms with E-state index in [9.17, 15) is 14.0 Å². The molecule has 3 aromatic rings. The van der Waals surface area contributed by atoms with Crippen molar-refractivity contribution in [2.75, 3.05) is 5.32 Å². The van der Waals surface area contributed by atoms with Crippen molar-refractivity contribution in [3.8, 4) is 0 Å². The molecule has 31 heavy (non-hydrogen) atoms. The molecule has 1 atom stereocenters. The van der Waals surface area contributed by atoms with Gasteiger partial charge in [0.15, 0.2) is 6.10 Å². The van der Waals surface area contributed by atoms with Gasteiger partial charge in [0.25, 0.3) is 5.91 Å². The summed E-state index contributed by atoms with van der Waals surface area (Å²) in [6.45, 7) is 5.15. The van der Waals surface area contributed by atoms with Gasteiger partial charge in [-0.15, -0.1) is 11.8 Å². The Morgan fingerprint density at radius 2 is 2.00 bits per heavy atom. The Bertz CT molecular complexity index is 1100. The molecule has 0 fully saturated rings. The summed E-state index contributed by atoms with van der Waals surface area (Å²) >= 11 is 7.37. The van der Waals surface area contributed by atoms with Crippen LogP contribution in [0.15, 0.2) is 51.9 Å². The first-order valence-electron chi connectivity index (χ1n) is 9.36. The van der Waals surface area contributed by atoms with Crippen molar-refractivity contribution in [3.05, 3.63) is 75.9 Å². The van der Waals surface area contributed by atoms with E-state index in [-0.39, 0.29) is 10.7 Å². The minimum atomic E-state index is -1.09. The summed E-state index contributed by atoms with van der Waals surface area (Å²) in [5.74, 6) is -0.426. The third-order valence-electron chi connectivity index (χ3n) is 4.50. The zero-order valence-corrected chi connectivity index (χ0v) is 18.6. The molecule has 1 aromatic heterocycles. The molecule has 6 nitrogen and oxygen atoms in total. The standard InChI is InChI=1S/C22H20ClFN2O4S/c1-12-17(13(2)30-26-12)11-31-20-7-5-4-6-16(20)22(28)29-14(3)21(27)25-19-9-8-15(24)10-18(19)23/h4-10,14H,11H2,1-3H3,(H,25,27). The van der Waals surface area contributed by atoms with Gasteiger partial charge in [0, 0.05) is 16.2 Å². The van der Waals surface area contributed by atoms with Gasteiger partial charge in [-0.3, -0.25) is 4.79 Å². The topological polar surface area (TPSA) is 81.4 Å². The monoisotopic (exact) mass is 462 g/mol. The molecule has 1 heterocycles. The molecule has 9 heteroatoms. The van der Waals surface area contributed by atoms with Crippen molar-refractivity contribution in [2.24, 2.45) is 0 Å². The van der Waals surface area contributed by atoms with Gasteiger partial charge in [-0.1, -0.05) is 28.9 Å². The summed E-state index contributed by atoms with van der Waals surface area (Å²) in [4.78, 5) is 25.8. The lowest BCUT2D eigenvalue weighted by Gasteiger charge is -2.15. The summed E-state index contributed by atoms with van der Waals surface area (Å²) < 4.78 is 23.7. The van der Waals surface area contributed by atoms with E-state index in [0.717, 1.165) is 23.1 Å². The Kier molecular flexibility index (Phi) is 7.35. The first-order chi connectivity index (χ1) is 14.8. The van der Waals surface area contributed by atoms with E-state index in [1.54, 1.807) is 12.1 Å². The van der Waals surface area contributed by atoms with E-state index in [0.29, 0.717) is 16.2 Å². The Hall–Kier alpha value is -2.84. The van der Waals surface area contributed by atoms with Gasteiger partial charge < -0.3 is 14.6 Å². The number of rotatable bonds is 7. The quantitative estimate of drug-likeness (QED) is 0.365. The van der Waals surface area contributed by atoms with Crippen molar-refractivity contribution in [1.82, 2.24) is 5.16 Å². The molecule has 0 aliphatic rings. The van der Waals surface area contributed by atoms with Crippen LogP contribution in [-0.4, -0.2) is 23.1 Å². The van der Waals surface area contributed by atoms with E-state index >= 15 is 0 Å². The van der Waals surface area contributed by atoms with Crippen LogP contribution in [0.2, 0.25) is 5.02 Å². The number of esters is 1. The van der Waals surface area contributed by atoms with Crippen LogP contribution in [0.4, 0.5) is 10.1 Å². The van der Waals surface area contributed by atoms with E-state index in [1.807, 2.05) is 26.0 Å². The average molecular weight is 463 g/mol. The number of aryl methyl sites for hydroxylation is 2. The number of amides is 1. The molecule has 0 spiro atoms. The molecule has 0 saturated carbocycles. The predicted octanol–water partition coefficient (Wildman–Crippen LogP) is 5.56. The van der Waals surface area contributed by atoms with Crippen molar-refractivity contribution in [2.45, 2.75) is 37.5 Å². The van der Waals surface area contributed by atoms with Gasteiger partial charge in [-0.25, -0.2) is 9.18 Å². The second-order valence-corrected chi connectivity index (χ2v) is 8.17. The minimum Gasteiger partial charge on any atom is -0.449 e. The van der Waals surface area contributed by atoms with Crippen molar-refractivity contribution >= 4 is 40.9 Å². The molecule has 1 unspecified atom stereocenters. The van der Waals surface area contributed by atoms with Crippen LogP contribution in [0, 0.1) is 19.7 Å². The number of halogens is 2. The number of nitrogens with zero attached hydrogens (tertiary/aromatic N) is 1. The number of carbonyl (C=O) groups excluding carboxylic acids is 2. The number of aromatic nitrogens is 1. The van der Waals surface area contributed by atoms with Crippen LogP contribution in [-0.2, 0) is 15.3 Å². The SMILES string of the molecule is Cc1noc(C)c1CSc1ccccc1C(=O)OC(C)C(=O)Nc1ccc(F)cc1Cl. The molecule has 1 amide bonds. The molecular weight excluding hydrogens is 443 g/mol. The van der Waals surface area contributed by atoms with Crippen LogP contribution < -0.4 is 5.32 Å². The lowest BCUT2D eigenvalue weighted by atomic mass is 10.2. The van der Waals surface area contributed by atoms with Gasteiger partial charge in [0.2, 0.25) is 0 Å². The second-order valence-electron chi connectivity index (χ2n) is 6.75. The highest BCUT2D eigenvalue weighted by molar-refractivity contribution is 7.98. The maximum Gasteiger partial charge on any atom is 0.340 e. The number of ether oxygens (including phenoxy) is 1.